The minimum atomic E-state index is 0.643. The van der Waals surface area contributed by atoms with Crippen LogP contribution in [0.15, 0.2) is 47.5 Å². The fourth-order valence-corrected chi connectivity index (χ4v) is 2.71. The summed E-state index contributed by atoms with van der Waals surface area (Å²) in [6.07, 6.45) is 0.872. The highest BCUT2D eigenvalue weighted by molar-refractivity contribution is 5.79. The maximum Gasteiger partial charge on any atom is 0.191 e. The van der Waals surface area contributed by atoms with Gasteiger partial charge >= 0.3 is 0 Å². The molecule has 0 aromatic heterocycles. The van der Waals surface area contributed by atoms with Crippen molar-refractivity contribution in [3.8, 4) is 5.75 Å². The van der Waals surface area contributed by atoms with Crippen LogP contribution in [0.25, 0.3) is 0 Å². The molecule has 5 nitrogen and oxygen atoms in total. The minimum absolute atomic E-state index is 0.643. The molecule has 2 aromatic rings. The third-order valence-electron chi connectivity index (χ3n) is 4.35. The average Bonchev–Trinajstić information content (AvgIpc) is 2.68. The average molecular weight is 370 g/mol. The van der Waals surface area contributed by atoms with Gasteiger partial charge in [0.2, 0.25) is 0 Å². The van der Waals surface area contributed by atoms with Crippen molar-refractivity contribution >= 4 is 5.96 Å². The second-order valence-corrected chi connectivity index (χ2v) is 6.51. The Balaban J connectivity index is 1.92. The van der Waals surface area contributed by atoms with E-state index in [1.807, 2.05) is 0 Å². The molecule has 0 spiro atoms. The van der Waals surface area contributed by atoms with E-state index < -0.39 is 0 Å². The molecule has 0 atom stereocenters. The molecule has 0 aliphatic rings. The molecule has 0 amide bonds. The fourth-order valence-electron chi connectivity index (χ4n) is 2.71. The summed E-state index contributed by atoms with van der Waals surface area (Å²) in [6.45, 7) is 6.92. The lowest BCUT2D eigenvalue weighted by Gasteiger charge is -2.16. The summed E-state index contributed by atoms with van der Waals surface area (Å²) < 4.78 is 11.0. The van der Waals surface area contributed by atoms with E-state index in [2.05, 4.69) is 71.9 Å². The lowest BCUT2D eigenvalue weighted by Crippen LogP contribution is -2.36. The molecule has 0 radical (unpaired) electrons. The van der Waals surface area contributed by atoms with Crippen molar-refractivity contribution in [3.63, 3.8) is 0 Å². The van der Waals surface area contributed by atoms with E-state index in [0.29, 0.717) is 19.8 Å². The molecule has 0 aliphatic heterocycles. The zero-order chi connectivity index (χ0) is 19.5. The van der Waals surface area contributed by atoms with E-state index in [-0.39, 0.29) is 0 Å². The first kappa shape index (κ1) is 20.8. The van der Waals surface area contributed by atoms with Crippen LogP contribution in [0.4, 0.5) is 0 Å². The van der Waals surface area contributed by atoms with Crippen LogP contribution >= 0.6 is 0 Å². The number of nitrogens with one attached hydrogen (secondary N) is 2. The number of hydrogen-bond donors (Lipinski definition) is 2. The van der Waals surface area contributed by atoms with Crippen LogP contribution in [-0.4, -0.2) is 33.3 Å². The Hall–Kier alpha value is -2.53. The van der Waals surface area contributed by atoms with E-state index in [4.69, 9.17) is 9.47 Å². The van der Waals surface area contributed by atoms with Crippen molar-refractivity contribution in [1.82, 2.24) is 10.6 Å². The van der Waals surface area contributed by atoms with Gasteiger partial charge in [-0.3, -0.25) is 4.99 Å². The number of hydrogen-bond acceptors (Lipinski definition) is 3. The smallest absolute Gasteiger partial charge is 0.191 e. The number of ether oxygens (including phenoxy) is 2. The Kier molecular flexibility index (Phi) is 8.65. The van der Waals surface area contributed by atoms with Crippen LogP contribution in [0, 0.1) is 13.8 Å². The normalized spacial score (nSPS) is 11.3. The first-order chi connectivity index (χ1) is 13.1. The Bertz CT molecular complexity index is 744. The highest BCUT2D eigenvalue weighted by atomic mass is 16.5. The Morgan fingerprint density at radius 3 is 2.41 bits per heavy atom. The van der Waals surface area contributed by atoms with E-state index in [1.54, 1.807) is 14.2 Å². The van der Waals surface area contributed by atoms with Crippen LogP contribution in [0.3, 0.4) is 0 Å². The number of aryl methyl sites for hydroxylation is 2. The molecular weight excluding hydrogens is 338 g/mol. The molecular formula is C22H31N3O2. The van der Waals surface area contributed by atoms with Gasteiger partial charge in [-0.15, -0.1) is 0 Å². The molecule has 0 bridgehead atoms. The number of rotatable bonds is 9. The van der Waals surface area contributed by atoms with Gasteiger partial charge in [0, 0.05) is 45.8 Å². The highest BCUT2D eigenvalue weighted by Crippen LogP contribution is 2.20. The Labute approximate surface area is 162 Å². The van der Waals surface area contributed by atoms with Gasteiger partial charge in [0.05, 0.1) is 6.61 Å². The molecule has 0 saturated heterocycles. The predicted octanol–water partition coefficient (Wildman–Crippen LogP) is 3.58. The summed E-state index contributed by atoms with van der Waals surface area (Å²) >= 11 is 0. The SMILES string of the molecule is CN=C(NCc1ccccc1C)NCc1ccc(C)cc1OCCCOC. The molecule has 2 aromatic carbocycles. The summed E-state index contributed by atoms with van der Waals surface area (Å²) in [4.78, 5) is 4.32. The van der Waals surface area contributed by atoms with Crippen molar-refractivity contribution < 1.29 is 9.47 Å². The van der Waals surface area contributed by atoms with E-state index in [0.717, 1.165) is 30.2 Å². The van der Waals surface area contributed by atoms with Gasteiger partial charge in [0.15, 0.2) is 5.96 Å². The third-order valence-corrected chi connectivity index (χ3v) is 4.35. The second kappa shape index (κ2) is 11.2. The number of guanidine groups is 1. The molecule has 5 heteroatoms. The van der Waals surface area contributed by atoms with Gasteiger partial charge in [-0.05, 0) is 36.6 Å². The molecule has 2 rings (SSSR count). The van der Waals surface area contributed by atoms with Crippen molar-refractivity contribution in [3.05, 3.63) is 64.7 Å². The molecule has 0 aliphatic carbocycles. The quantitative estimate of drug-likeness (QED) is 0.403. The van der Waals surface area contributed by atoms with Crippen LogP contribution in [-0.2, 0) is 17.8 Å². The van der Waals surface area contributed by atoms with E-state index in [9.17, 15) is 0 Å². The van der Waals surface area contributed by atoms with Crippen molar-refractivity contribution in [2.75, 3.05) is 27.4 Å². The predicted molar refractivity (Wildman–Crippen MR) is 111 cm³/mol. The highest BCUT2D eigenvalue weighted by Gasteiger charge is 2.06. The van der Waals surface area contributed by atoms with Crippen molar-refractivity contribution in [2.45, 2.75) is 33.4 Å². The van der Waals surface area contributed by atoms with Crippen LogP contribution in [0.2, 0.25) is 0 Å². The molecule has 2 N–H and O–H groups in total. The van der Waals surface area contributed by atoms with E-state index in [1.165, 1.54) is 16.7 Å². The molecule has 0 unspecified atom stereocenters. The summed E-state index contributed by atoms with van der Waals surface area (Å²) in [5, 5.41) is 6.74. The molecule has 0 heterocycles. The van der Waals surface area contributed by atoms with Crippen molar-refractivity contribution in [2.24, 2.45) is 4.99 Å². The Morgan fingerprint density at radius 1 is 0.963 bits per heavy atom. The van der Waals surface area contributed by atoms with Crippen molar-refractivity contribution in [1.29, 1.82) is 0 Å². The fraction of sp³-hybridized carbons (Fsp3) is 0.409. The van der Waals surface area contributed by atoms with Gasteiger partial charge in [0.1, 0.15) is 5.75 Å². The first-order valence-electron chi connectivity index (χ1n) is 9.34. The topological polar surface area (TPSA) is 54.9 Å². The van der Waals surface area contributed by atoms with Gasteiger partial charge in [-0.25, -0.2) is 0 Å². The second-order valence-electron chi connectivity index (χ2n) is 6.51. The monoisotopic (exact) mass is 369 g/mol. The zero-order valence-electron chi connectivity index (χ0n) is 16.8. The summed E-state index contributed by atoms with van der Waals surface area (Å²) in [5.74, 6) is 1.68. The summed E-state index contributed by atoms with van der Waals surface area (Å²) in [7, 11) is 3.49. The Morgan fingerprint density at radius 2 is 1.70 bits per heavy atom. The molecule has 0 saturated carbocycles. The van der Waals surface area contributed by atoms with E-state index >= 15 is 0 Å². The van der Waals surface area contributed by atoms with Gasteiger partial charge in [-0.2, -0.15) is 0 Å². The molecule has 146 valence electrons. The minimum Gasteiger partial charge on any atom is -0.493 e. The van der Waals surface area contributed by atoms with Crippen LogP contribution < -0.4 is 15.4 Å². The lowest BCUT2D eigenvalue weighted by molar-refractivity contribution is 0.171. The standard InChI is InChI=1S/C22H31N3O2/c1-17-10-11-20(21(14-17)27-13-7-12-26-4)16-25-22(23-3)24-15-19-9-6-5-8-18(19)2/h5-6,8-11,14H,7,12-13,15-16H2,1-4H3,(H2,23,24,25). The molecule has 27 heavy (non-hydrogen) atoms. The zero-order valence-corrected chi connectivity index (χ0v) is 16.8. The number of aliphatic imine (C=N–C) groups is 1. The number of methoxy groups -OCH3 is 1. The first-order valence-corrected chi connectivity index (χ1v) is 9.34. The van der Waals surface area contributed by atoms with Crippen LogP contribution in [0.1, 0.15) is 28.7 Å². The largest absolute Gasteiger partial charge is 0.493 e. The van der Waals surface area contributed by atoms with Gasteiger partial charge in [0.25, 0.3) is 0 Å². The third kappa shape index (κ3) is 6.94. The van der Waals surface area contributed by atoms with Gasteiger partial charge < -0.3 is 20.1 Å². The molecule has 0 fully saturated rings. The lowest BCUT2D eigenvalue weighted by atomic mass is 10.1. The number of nitrogens with zero attached hydrogens (tertiary/aromatic N) is 1. The summed E-state index contributed by atoms with van der Waals surface area (Å²) in [6, 6.07) is 14.6. The van der Waals surface area contributed by atoms with Gasteiger partial charge in [-0.1, -0.05) is 36.4 Å². The maximum atomic E-state index is 5.95. The van der Waals surface area contributed by atoms with Crippen LogP contribution in [0.5, 0.6) is 5.75 Å². The summed E-state index contributed by atoms with van der Waals surface area (Å²) in [5.41, 5.74) is 4.82. The maximum absolute atomic E-state index is 5.95. The number of benzene rings is 2.